The molecule has 1 aliphatic heterocycles. The van der Waals surface area contributed by atoms with E-state index >= 15 is 0 Å². The maximum absolute atomic E-state index is 12.8. The second-order valence-corrected chi connectivity index (χ2v) is 8.10. The number of carbonyl (C=O) groups is 1. The summed E-state index contributed by atoms with van der Waals surface area (Å²) in [6.07, 6.45) is 4.96. The molecule has 0 aliphatic carbocycles. The van der Waals surface area contributed by atoms with Crippen molar-refractivity contribution in [2.24, 2.45) is 0 Å². The van der Waals surface area contributed by atoms with Crippen LogP contribution in [0.4, 0.5) is 17.1 Å². The predicted molar refractivity (Wildman–Crippen MR) is 121 cm³/mol. The molecule has 3 aromatic heterocycles. The van der Waals surface area contributed by atoms with Crippen LogP contribution in [0.25, 0.3) is 22.4 Å². The lowest BCUT2D eigenvalue weighted by atomic mass is 9.86. The fourth-order valence-corrected chi connectivity index (χ4v) is 4.17. The van der Waals surface area contributed by atoms with Crippen LogP contribution in [0.3, 0.4) is 0 Å². The molecule has 0 fully saturated rings. The average Bonchev–Trinajstić information content (AvgIpc) is 3.24. The molecule has 0 atom stereocenters. The van der Waals surface area contributed by atoms with Crippen LogP contribution in [-0.4, -0.2) is 32.4 Å². The molecule has 0 radical (unpaired) electrons. The van der Waals surface area contributed by atoms with E-state index in [1.165, 1.54) is 0 Å². The van der Waals surface area contributed by atoms with Crippen molar-refractivity contribution < 1.29 is 4.79 Å². The molecule has 4 heterocycles. The first-order valence-electron chi connectivity index (χ1n) is 10.2. The molecular weight excluding hydrogens is 392 g/mol. The largest absolute Gasteiger partial charge is 0.355 e. The first-order valence-corrected chi connectivity index (χ1v) is 10.2. The number of aromatic nitrogens is 4. The van der Waals surface area contributed by atoms with Gasteiger partial charge in [-0.3, -0.25) is 14.6 Å². The Hall–Kier alpha value is -3.94. The molecule has 8 nitrogen and oxygen atoms in total. The number of likely N-dealkylation sites (N-methyl/N-ethyl adjacent to an activating group) is 1. The second kappa shape index (κ2) is 6.80. The van der Waals surface area contributed by atoms with Gasteiger partial charge in [-0.25, -0.2) is 4.98 Å². The summed E-state index contributed by atoms with van der Waals surface area (Å²) in [4.78, 5) is 42.1. The fraction of sp³-hybridized carbons (Fsp3) is 0.217. The summed E-state index contributed by atoms with van der Waals surface area (Å²) in [6.45, 7) is 6.43. The van der Waals surface area contributed by atoms with E-state index < -0.39 is 5.41 Å². The number of anilines is 3. The molecule has 0 spiro atoms. The molecule has 8 heteroatoms. The minimum Gasteiger partial charge on any atom is -0.355 e. The summed E-state index contributed by atoms with van der Waals surface area (Å²) in [5.74, 6) is 0.547. The smallest absolute Gasteiger partial charge is 0.261 e. The van der Waals surface area contributed by atoms with E-state index in [1.54, 1.807) is 29.6 Å². The van der Waals surface area contributed by atoms with E-state index in [0.29, 0.717) is 29.1 Å². The Kier molecular flexibility index (Phi) is 4.18. The summed E-state index contributed by atoms with van der Waals surface area (Å²) >= 11 is 0. The standard InChI is InChI=1S/C23H22N6O2/c1-4-29-18-12-17-16(11-14(18)23(2,3)22(29)31)27-20(28-17)19-15(7-10-25-21(19)30)26-13-5-8-24-9-6-13/h5-12H,4H2,1-3H3,(H,27,28)(H2,24,25,26,30). The number of nitrogens with zero attached hydrogens (tertiary/aromatic N) is 3. The Morgan fingerprint density at radius 3 is 2.65 bits per heavy atom. The van der Waals surface area contributed by atoms with Gasteiger partial charge >= 0.3 is 0 Å². The molecule has 156 valence electrons. The number of benzene rings is 1. The van der Waals surface area contributed by atoms with Gasteiger partial charge in [0.25, 0.3) is 5.56 Å². The molecule has 1 aliphatic rings. The molecule has 31 heavy (non-hydrogen) atoms. The first-order chi connectivity index (χ1) is 14.9. The van der Waals surface area contributed by atoms with E-state index in [2.05, 4.69) is 20.3 Å². The number of aromatic amines is 2. The molecular formula is C23H22N6O2. The quantitative estimate of drug-likeness (QED) is 0.472. The number of amides is 1. The Labute approximate surface area is 178 Å². The molecule has 1 amide bonds. The number of carbonyl (C=O) groups excluding carboxylic acids is 1. The van der Waals surface area contributed by atoms with Crippen LogP contribution in [0.15, 0.2) is 53.7 Å². The van der Waals surface area contributed by atoms with Crippen molar-refractivity contribution in [1.29, 1.82) is 0 Å². The highest BCUT2D eigenvalue weighted by Gasteiger charge is 2.43. The van der Waals surface area contributed by atoms with Crippen molar-refractivity contribution in [3.8, 4) is 11.4 Å². The van der Waals surface area contributed by atoms with Gasteiger partial charge < -0.3 is 20.2 Å². The first kappa shape index (κ1) is 19.0. The van der Waals surface area contributed by atoms with Gasteiger partial charge in [0, 0.05) is 30.8 Å². The lowest BCUT2D eigenvalue weighted by Gasteiger charge is -2.18. The highest BCUT2D eigenvalue weighted by atomic mass is 16.2. The van der Waals surface area contributed by atoms with Crippen molar-refractivity contribution in [3.63, 3.8) is 0 Å². The SMILES string of the molecule is CCN1C(=O)C(C)(C)c2cc3[nH]c(-c4c(Nc5ccncc5)cc[nH]c4=O)nc3cc21. The molecule has 0 saturated carbocycles. The number of fused-ring (bicyclic) bond motifs is 2. The maximum Gasteiger partial charge on any atom is 0.261 e. The van der Waals surface area contributed by atoms with E-state index in [1.807, 2.05) is 45.0 Å². The highest BCUT2D eigenvalue weighted by molar-refractivity contribution is 6.09. The normalized spacial score (nSPS) is 14.8. The summed E-state index contributed by atoms with van der Waals surface area (Å²) < 4.78 is 0. The van der Waals surface area contributed by atoms with Crippen LogP contribution in [0.2, 0.25) is 0 Å². The Morgan fingerprint density at radius 1 is 1.13 bits per heavy atom. The Bertz CT molecular complexity index is 1370. The fourth-order valence-electron chi connectivity index (χ4n) is 4.17. The van der Waals surface area contributed by atoms with Gasteiger partial charge in [-0.1, -0.05) is 0 Å². The zero-order valence-corrected chi connectivity index (χ0v) is 17.5. The van der Waals surface area contributed by atoms with Crippen LogP contribution >= 0.6 is 0 Å². The van der Waals surface area contributed by atoms with Crippen molar-refractivity contribution in [1.82, 2.24) is 19.9 Å². The third-order valence-electron chi connectivity index (χ3n) is 5.82. The predicted octanol–water partition coefficient (Wildman–Crippen LogP) is 3.70. The van der Waals surface area contributed by atoms with Crippen LogP contribution in [0.1, 0.15) is 26.3 Å². The van der Waals surface area contributed by atoms with Gasteiger partial charge in [-0.05, 0) is 56.7 Å². The highest BCUT2D eigenvalue weighted by Crippen LogP contribution is 2.43. The van der Waals surface area contributed by atoms with E-state index in [-0.39, 0.29) is 11.5 Å². The monoisotopic (exact) mass is 414 g/mol. The van der Waals surface area contributed by atoms with Crippen molar-refractivity contribution in [2.75, 3.05) is 16.8 Å². The Morgan fingerprint density at radius 2 is 1.90 bits per heavy atom. The van der Waals surface area contributed by atoms with Crippen LogP contribution in [0, 0.1) is 0 Å². The van der Waals surface area contributed by atoms with Gasteiger partial charge in [0.1, 0.15) is 11.4 Å². The minimum atomic E-state index is -0.608. The number of pyridine rings is 2. The lowest BCUT2D eigenvalue weighted by molar-refractivity contribution is -0.122. The molecule has 0 unspecified atom stereocenters. The Balaban J connectivity index is 1.65. The summed E-state index contributed by atoms with van der Waals surface area (Å²) in [6, 6.07) is 9.35. The van der Waals surface area contributed by atoms with Crippen molar-refractivity contribution in [2.45, 2.75) is 26.2 Å². The van der Waals surface area contributed by atoms with Crippen LogP contribution in [-0.2, 0) is 10.2 Å². The molecule has 0 bridgehead atoms. The van der Waals surface area contributed by atoms with Crippen LogP contribution < -0.4 is 15.8 Å². The molecule has 0 saturated heterocycles. The zero-order valence-electron chi connectivity index (χ0n) is 17.5. The molecule has 5 rings (SSSR count). The number of imidazole rings is 1. The topological polar surface area (TPSA) is 107 Å². The van der Waals surface area contributed by atoms with Gasteiger partial charge in [-0.2, -0.15) is 0 Å². The van der Waals surface area contributed by atoms with Gasteiger partial charge in [0.05, 0.1) is 27.8 Å². The number of H-pyrrole nitrogens is 2. The van der Waals surface area contributed by atoms with E-state index in [9.17, 15) is 9.59 Å². The third kappa shape index (κ3) is 2.91. The summed E-state index contributed by atoms with van der Waals surface area (Å²) in [5.41, 5.74) is 4.32. The average molecular weight is 414 g/mol. The lowest BCUT2D eigenvalue weighted by Crippen LogP contribution is -2.35. The molecule has 3 N–H and O–H groups in total. The van der Waals surface area contributed by atoms with Gasteiger partial charge in [0.15, 0.2) is 0 Å². The number of nitrogens with one attached hydrogen (secondary N) is 3. The number of hydrogen-bond donors (Lipinski definition) is 3. The van der Waals surface area contributed by atoms with Crippen molar-refractivity contribution in [3.05, 3.63) is 64.8 Å². The van der Waals surface area contributed by atoms with E-state index in [0.717, 1.165) is 22.5 Å². The molecule has 4 aromatic rings. The molecule has 1 aromatic carbocycles. The third-order valence-corrected chi connectivity index (χ3v) is 5.82. The number of rotatable bonds is 4. The zero-order chi connectivity index (χ0) is 21.8. The van der Waals surface area contributed by atoms with E-state index in [4.69, 9.17) is 4.98 Å². The summed E-state index contributed by atoms with van der Waals surface area (Å²) in [5, 5.41) is 3.26. The minimum absolute atomic E-state index is 0.0845. The summed E-state index contributed by atoms with van der Waals surface area (Å²) in [7, 11) is 0. The number of hydrogen-bond acceptors (Lipinski definition) is 5. The van der Waals surface area contributed by atoms with Crippen LogP contribution in [0.5, 0.6) is 0 Å². The second-order valence-electron chi connectivity index (χ2n) is 8.10. The maximum atomic E-state index is 12.8. The van der Waals surface area contributed by atoms with Gasteiger partial charge in [-0.15, -0.1) is 0 Å². The van der Waals surface area contributed by atoms with Crippen molar-refractivity contribution >= 4 is 34.0 Å². The van der Waals surface area contributed by atoms with Gasteiger partial charge in [0.2, 0.25) is 5.91 Å².